The van der Waals surface area contributed by atoms with E-state index in [9.17, 15) is 9.59 Å². The Morgan fingerprint density at radius 1 is 0.920 bits per heavy atom. The normalized spacial score (nSPS) is 10.1. The van der Waals surface area contributed by atoms with E-state index in [-0.39, 0.29) is 18.4 Å². The minimum Gasteiger partial charge on any atom is -0.491 e. The number of benzene rings is 2. The molecule has 5 heteroatoms. The highest BCUT2D eigenvalue weighted by Gasteiger charge is 2.06. The molecule has 2 rings (SSSR count). The SMILES string of the molecule is CCCC(=O)NCC(=O)NCCOc1ccccc1-c1ccccc1. The first kappa shape index (κ1) is 18.5. The van der Waals surface area contributed by atoms with Crippen LogP contribution in [0.15, 0.2) is 54.6 Å². The molecule has 0 bridgehead atoms. The molecule has 0 saturated carbocycles. The summed E-state index contributed by atoms with van der Waals surface area (Å²) in [6, 6.07) is 17.8. The molecule has 0 spiro atoms. The van der Waals surface area contributed by atoms with Crippen LogP contribution >= 0.6 is 0 Å². The molecule has 0 radical (unpaired) electrons. The monoisotopic (exact) mass is 340 g/mol. The molecule has 5 nitrogen and oxygen atoms in total. The van der Waals surface area contributed by atoms with E-state index in [4.69, 9.17) is 4.74 Å². The molecule has 2 amide bonds. The van der Waals surface area contributed by atoms with Gasteiger partial charge in [-0.05, 0) is 18.1 Å². The standard InChI is InChI=1S/C20H24N2O3/c1-2-8-19(23)22-15-20(24)21-13-14-25-18-12-7-6-11-17(18)16-9-4-3-5-10-16/h3-7,9-12H,2,8,13-15H2,1H3,(H,21,24)(H,22,23). The van der Waals surface area contributed by atoms with E-state index in [0.717, 1.165) is 23.3 Å². The van der Waals surface area contributed by atoms with Crippen LogP contribution in [0.1, 0.15) is 19.8 Å². The average Bonchev–Trinajstić information content (AvgIpc) is 2.65. The number of amides is 2. The van der Waals surface area contributed by atoms with Gasteiger partial charge in [0.1, 0.15) is 12.4 Å². The summed E-state index contributed by atoms with van der Waals surface area (Å²) < 4.78 is 5.80. The minimum absolute atomic E-state index is 0.000560. The Labute approximate surface area is 148 Å². The number of para-hydroxylation sites is 1. The number of nitrogens with one attached hydrogen (secondary N) is 2. The molecule has 25 heavy (non-hydrogen) atoms. The molecule has 0 aliphatic heterocycles. The second-order valence-corrected chi connectivity index (χ2v) is 5.59. The lowest BCUT2D eigenvalue weighted by Crippen LogP contribution is -2.38. The highest BCUT2D eigenvalue weighted by molar-refractivity contribution is 5.84. The highest BCUT2D eigenvalue weighted by atomic mass is 16.5. The Morgan fingerprint density at radius 2 is 1.64 bits per heavy atom. The molecule has 0 unspecified atom stereocenters. The largest absolute Gasteiger partial charge is 0.491 e. The smallest absolute Gasteiger partial charge is 0.239 e. The molecule has 0 aliphatic carbocycles. The van der Waals surface area contributed by atoms with E-state index in [2.05, 4.69) is 10.6 Å². The van der Waals surface area contributed by atoms with Gasteiger partial charge in [-0.1, -0.05) is 55.5 Å². The van der Waals surface area contributed by atoms with E-state index >= 15 is 0 Å². The van der Waals surface area contributed by atoms with Crippen LogP contribution in [0, 0.1) is 0 Å². The summed E-state index contributed by atoms with van der Waals surface area (Å²) in [4.78, 5) is 23.0. The summed E-state index contributed by atoms with van der Waals surface area (Å²) in [7, 11) is 0. The van der Waals surface area contributed by atoms with Crippen molar-refractivity contribution < 1.29 is 14.3 Å². The minimum atomic E-state index is -0.218. The summed E-state index contributed by atoms with van der Waals surface area (Å²) in [5.41, 5.74) is 2.10. The van der Waals surface area contributed by atoms with Crippen molar-refractivity contribution in [1.29, 1.82) is 0 Å². The predicted octanol–water partition coefficient (Wildman–Crippen LogP) is 2.76. The zero-order valence-corrected chi connectivity index (χ0v) is 14.5. The van der Waals surface area contributed by atoms with Gasteiger partial charge in [0.25, 0.3) is 0 Å². The van der Waals surface area contributed by atoms with Crippen LogP contribution in [0.3, 0.4) is 0 Å². The summed E-state index contributed by atoms with van der Waals surface area (Å²) in [6.07, 6.45) is 1.20. The van der Waals surface area contributed by atoms with Crippen molar-refractivity contribution >= 4 is 11.8 Å². The maximum absolute atomic E-state index is 11.7. The van der Waals surface area contributed by atoms with Crippen LogP contribution in [-0.2, 0) is 9.59 Å². The third-order valence-electron chi connectivity index (χ3n) is 3.58. The molecular weight excluding hydrogens is 316 g/mol. The van der Waals surface area contributed by atoms with Crippen LogP contribution in [0.25, 0.3) is 11.1 Å². The fourth-order valence-electron chi connectivity index (χ4n) is 2.36. The second kappa shape index (κ2) is 10.1. The number of carbonyl (C=O) groups excluding carboxylic acids is 2. The molecule has 0 atom stereocenters. The number of ether oxygens (including phenoxy) is 1. The zero-order valence-electron chi connectivity index (χ0n) is 14.5. The van der Waals surface area contributed by atoms with E-state index in [0.29, 0.717) is 19.6 Å². The van der Waals surface area contributed by atoms with Gasteiger partial charge in [0.05, 0.1) is 13.1 Å². The Balaban J connectivity index is 1.77. The number of hydrogen-bond acceptors (Lipinski definition) is 3. The molecule has 132 valence electrons. The van der Waals surface area contributed by atoms with Gasteiger partial charge in [0, 0.05) is 12.0 Å². The molecule has 2 aromatic rings. The maximum atomic E-state index is 11.7. The summed E-state index contributed by atoms with van der Waals surface area (Å²) in [5, 5.41) is 5.31. The molecule has 0 aromatic heterocycles. The van der Waals surface area contributed by atoms with Gasteiger partial charge in [-0.15, -0.1) is 0 Å². The van der Waals surface area contributed by atoms with Crippen molar-refractivity contribution in [2.24, 2.45) is 0 Å². The summed E-state index contributed by atoms with van der Waals surface area (Å²) >= 11 is 0. The fraction of sp³-hybridized carbons (Fsp3) is 0.300. The molecular formula is C20H24N2O3. The van der Waals surface area contributed by atoms with E-state index < -0.39 is 0 Å². The van der Waals surface area contributed by atoms with Gasteiger partial charge in [-0.2, -0.15) is 0 Å². The van der Waals surface area contributed by atoms with Gasteiger partial charge in [-0.3, -0.25) is 9.59 Å². The van der Waals surface area contributed by atoms with Gasteiger partial charge >= 0.3 is 0 Å². The van der Waals surface area contributed by atoms with E-state index in [1.54, 1.807) is 0 Å². The second-order valence-electron chi connectivity index (χ2n) is 5.59. The fourth-order valence-corrected chi connectivity index (χ4v) is 2.36. The highest BCUT2D eigenvalue weighted by Crippen LogP contribution is 2.29. The van der Waals surface area contributed by atoms with Crippen molar-refractivity contribution in [3.8, 4) is 16.9 Å². The lowest BCUT2D eigenvalue weighted by atomic mass is 10.1. The first-order valence-electron chi connectivity index (χ1n) is 8.51. The van der Waals surface area contributed by atoms with Gasteiger partial charge in [0.2, 0.25) is 11.8 Å². The molecule has 2 N–H and O–H groups in total. The lowest BCUT2D eigenvalue weighted by Gasteiger charge is -2.12. The number of carbonyl (C=O) groups is 2. The van der Waals surface area contributed by atoms with E-state index in [1.807, 2.05) is 61.5 Å². The van der Waals surface area contributed by atoms with Crippen molar-refractivity contribution in [1.82, 2.24) is 10.6 Å². The Hall–Kier alpha value is -2.82. The molecule has 0 saturated heterocycles. The van der Waals surface area contributed by atoms with Crippen LogP contribution in [0.5, 0.6) is 5.75 Å². The third kappa shape index (κ3) is 6.30. The van der Waals surface area contributed by atoms with Crippen LogP contribution in [0.2, 0.25) is 0 Å². The van der Waals surface area contributed by atoms with Crippen molar-refractivity contribution in [2.75, 3.05) is 19.7 Å². The Kier molecular flexibility index (Phi) is 7.50. The molecule has 0 fully saturated rings. The van der Waals surface area contributed by atoms with Crippen molar-refractivity contribution in [3.05, 3.63) is 54.6 Å². The first-order valence-corrected chi connectivity index (χ1v) is 8.51. The summed E-state index contributed by atoms with van der Waals surface area (Å²) in [5.74, 6) is 0.453. The van der Waals surface area contributed by atoms with Gasteiger partial charge < -0.3 is 15.4 Å². The van der Waals surface area contributed by atoms with Crippen LogP contribution in [-0.4, -0.2) is 31.5 Å². The maximum Gasteiger partial charge on any atom is 0.239 e. The topological polar surface area (TPSA) is 67.4 Å². The quantitative estimate of drug-likeness (QED) is 0.690. The van der Waals surface area contributed by atoms with E-state index in [1.165, 1.54) is 0 Å². The third-order valence-corrected chi connectivity index (χ3v) is 3.58. The summed E-state index contributed by atoms with van der Waals surface area (Å²) in [6.45, 7) is 2.66. The molecule has 0 heterocycles. The van der Waals surface area contributed by atoms with Gasteiger partial charge in [-0.25, -0.2) is 0 Å². The number of rotatable bonds is 9. The van der Waals surface area contributed by atoms with Gasteiger partial charge in [0.15, 0.2) is 0 Å². The average molecular weight is 340 g/mol. The molecule has 0 aliphatic rings. The van der Waals surface area contributed by atoms with Crippen molar-refractivity contribution in [2.45, 2.75) is 19.8 Å². The predicted molar refractivity (Wildman–Crippen MR) is 98.3 cm³/mol. The Bertz CT molecular complexity index is 686. The van der Waals surface area contributed by atoms with Crippen molar-refractivity contribution in [3.63, 3.8) is 0 Å². The molecule has 2 aromatic carbocycles. The zero-order chi connectivity index (χ0) is 17.9. The Morgan fingerprint density at radius 3 is 2.40 bits per heavy atom. The first-order chi connectivity index (χ1) is 12.2. The lowest BCUT2D eigenvalue weighted by molar-refractivity contribution is -0.126. The van der Waals surface area contributed by atoms with Crippen LogP contribution in [0.4, 0.5) is 0 Å². The van der Waals surface area contributed by atoms with Crippen LogP contribution < -0.4 is 15.4 Å². The number of hydrogen-bond donors (Lipinski definition) is 2.